The lowest BCUT2D eigenvalue weighted by Crippen LogP contribution is -2.11. The fraction of sp³-hybridized carbons (Fsp3) is 0.500. The third kappa shape index (κ3) is 13.9. The number of nitrogens with two attached hydrogens (primary N) is 1. The SMILES string of the molecule is CCC.CCC(C)N.CCCCC(CC)c1ccc(/C=C/c2ccccc2)cc1. The molecule has 0 saturated carbocycles. The van der Waals surface area contributed by atoms with E-state index >= 15 is 0 Å². The first-order valence-electron chi connectivity index (χ1n) is 11.6. The van der Waals surface area contributed by atoms with Crippen LogP contribution in [0.4, 0.5) is 0 Å². The first-order valence-corrected chi connectivity index (χ1v) is 11.6. The first-order chi connectivity index (χ1) is 14.0. The van der Waals surface area contributed by atoms with Gasteiger partial charge in [-0.25, -0.2) is 0 Å². The van der Waals surface area contributed by atoms with E-state index in [-0.39, 0.29) is 0 Å². The molecule has 0 bridgehead atoms. The summed E-state index contributed by atoms with van der Waals surface area (Å²) in [5.41, 5.74) is 9.30. The minimum absolute atomic E-state index is 0.384. The van der Waals surface area contributed by atoms with E-state index in [2.05, 4.69) is 95.3 Å². The summed E-state index contributed by atoms with van der Waals surface area (Å²) in [4.78, 5) is 0. The van der Waals surface area contributed by atoms with Crippen LogP contribution in [0.5, 0.6) is 0 Å². The molecule has 2 unspecified atom stereocenters. The van der Waals surface area contributed by atoms with Crippen molar-refractivity contribution in [1.29, 1.82) is 0 Å². The summed E-state index contributed by atoms with van der Waals surface area (Å²) in [5, 5.41) is 0. The van der Waals surface area contributed by atoms with E-state index in [1.807, 2.05) is 13.0 Å². The van der Waals surface area contributed by atoms with Crippen molar-refractivity contribution in [3.8, 4) is 0 Å². The van der Waals surface area contributed by atoms with Gasteiger partial charge in [-0.15, -0.1) is 0 Å². The van der Waals surface area contributed by atoms with E-state index < -0.39 is 0 Å². The Morgan fingerprint density at radius 2 is 1.24 bits per heavy atom. The first kappa shape index (κ1) is 27.1. The van der Waals surface area contributed by atoms with Crippen LogP contribution in [0.15, 0.2) is 54.6 Å². The Morgan fingerprint density at radius 1 is 0.759 bits per heavy atom. The number of benzene rings is 2. The van der Waals surface area contributed by atoms with Crippen molar-refractivity contribution in [2.45, 2.75) is 92.0 Å². The molecular weight excluding hydrogens is 350 g/mol. The summed E-state index contributed by atoms with van der Waals surface area (Å²) in [5.74, 6) is 0.720. The van der Waals surface area contributed by atoms with Gasteiger partial charge in [0.1, 0.15) is 0 Å². The summed E-state index contributed by atoms with van der Waals surface area (Å²) in [6.07, 6.45) is 11.9. The maximum absolute atomic E-state index is 5.29. The van der Waals surface area contributed by atoms with Crippen molar-refractivity contribution in [3.63, 3.8) is 0 Å². The lowest BCUT2D eigenvalue weighted by atomic mass is 9.91. The highest BCUT2D eigenvalue weighted by atomic mass is 14.6. The van der Waals surface area contributed by atoms with E-state index in [0.29, 0.717) is 6.04 Å². The largest absolute Gasteiger partial charge is 0.328 e. The van der Waals surface area contributed by atoms with Gasteiger partial charge in [-0.05, 0) is 48.8 Å². The molecule has 0 aliphatic rings. The van der Waals surface area contributed by atoms with Crippen LogP contribution in [0.3, 0.4) is 0 Å². The van der Waals surface area contributed by atoms with Crippen molar-refractivity contribution in [1.82, 2.24) is 0 Å². The number of rotatable bonds is 8. The second-order valence-corrected chi connectivity index (χ2v) is 7.75. The summed E-state index contributed by atoms with van der Waals surface area (Å²) in [6.45, 7) is 12.9. The summed E-state index contributed by atoms with van der Waals surface area (Å²) in [6, 6.07) is 19.9. The highest BCUT2D eigenvalue weighted by molar-refractivity contribution is 5.69. The monoisotopic (exact) mass is 395 g/mol. The van der Waals surface area contributed by atoms with Crippen LogP contribution in [0.25, 0.3) is 12.2 Å². The van der Waals surface area contributed by atoms with Gasteiger partial charge in [-0.2, -0.15) is 0 Å². The molecule has 0 aliphatic heterocycles. The Bertz CT molecular complexity index is 611. The summed E-state index contributed by atoms with van der Waals surface area (Å²) in [7, 11) is 0. The van der Waals surface area contributed by atoms with Crippen LogP contribution >= 0.6 is 0 Å². The molecule has 2 atom stereocenters. The average Bonchev–Trinajstić information content (AvgIpc) is 2.75. The highest BCUT2D eigenvalue weighted by Gasteiger charge is 2.07. The fourth-order valence-corrected chi connectivity index (χ4v) is 2.69. The molecule has 2 rings (SSSR count). The van der Waals surface area contributed by atoms with Crippen LogP contribution in [-0.4, -0.2) is 6.04 Å². The Labute approximate surface area is 181 Å². The minimum atomic E-state index is 0.384. The molecule has 2 aromatic carbocycles. The normalized spacial score (nSPS) is 12.4. The van der Waals surface area contributed by atoms with E-state index in [1.54, 1.807) is 0 Å². The minimum Gasteiger partial charge on any atom is -0.328 e. The van der Waals surface area contributed by atoms with Gasteiger partial charge in [0.25, 0.3) is 0 Å². The molecule has 29 heavy (non-hydrogen) atoms. The quantitative estimate of drug-likeness (QED) is 0.444. The van der Waals surface area contributed by atoms with Crippen LogP contribution in [0.1, 0.15) is 103 Å². The van der Waals surface area contributed by atoms with Gasteiger partial charge < -0.3 is 5.73 Å². The smallest absolute Gasteiger partial charge is 0.000781 e. The number of unbranched alkanes of at least 4 members (excludes halogenated alkanes) is 1. The molecule has 2 N–H and O–H groups in total. The lowest BCUT2D eigenvalue weighted by molar-refractivity contribution is 0.570. The molecular formula is C28H45N. The molecule has 0 heterocycles. The lowest BCUT2D eigenvalue weighted by Gasteiger charge is -2.15. The van der Waals surface area contributed by atoms with Crippen molar-refractivity contribution in [2.75, 3.05) is 0 Å². The number of hydrogen-bond donors (Lipinski definition) is 1. The molecule has 0 aromatic heterocycles. The predicted molar refractivity (Wildman–Crippen MR) is 134 cm³/mol. The topological polar surface area (TPSA) is 26.0 Å². The molecule has 0 radical (unpaired) electrons. The second kappa shape index (κ2) is 18.2. The van der Waals surface area contributed by atoms with Crippen LogP contribution in [0, 0.1) is 0 Å². The van der Waals surface area contributed by atoms with Gasteiger partial charge in [0.15, 0.2) is 0 Å². The van der Waals surface area contributed by atoms with Gasteiger partial charge in [0.2, 0.25) is 0 Å². The van der Waals surface area contributed by atoms with Gasteiger partial charge in [-0.3, -0.25) is 0 Å². The summed E-state index contributed by atoms with van der Waals surface area (Å²) < 4.78 is 0. The molecule has 0 amide bonds. The fourth-order valence-electron chi connectivity index (χ4n) is 2.69. The van der Waals surface area contributed by atoms with E-state index in [0.717, 1.165) is 12.3 Å². The predicted octanol–water partition coefficient (Wildman–Crippen LogP) is 8.70. The molecule has 0 spiro atoms. The Hall–Kier alpha value is -1.86. The maximum Gasteiger partial charge on any atom is 0.000781 e. The Balaban J connectivity index is 0.000000838. The van der Waals surface area contributed by atoms with Crippen molar-refractivity contribution in [3.05, 3.63) is 71.3 Å². The molecule has 1 nitrogen and oxygen atoms in total. The number of hydrogen-bond acceptors (Lipinski definition) is 1. The van der Waals surface area contributed by atoms with Gasteiger partial charge in [-0.1, -0.05) is 121 Å². The standard InChI is InChI=1S/C21H26.C4H11N.C3H8/c1-3-5-11-20(4-2)21-16-14-19(15-17-21)13-12-18-9-7-6-8-10-18;1-3-4(2)5;1-3-2/h6-10,12-17,20H,3-5,11H2,1-2H3;4H,3,5H2,1-2H3;3H2,1-2H3/b13-12+;;. The van der Waals surface area contributed by atoms with E-state index in [9.17, 15) is 0 Å². The summed E-state index contributed by atoms with van der Waals surface area (Å²) >= 11 is 0. The van der Waals surface area contributed by atoms with Gasteiger partial charge >= 0.3 is 0 Å². The zero-order chi connectivity index (χ0) is 21.9. The van der Waals surface area contributed by atoms with Gasteiger partial charge in [0, 0.05) is 6.04 Å². The Morgan fingerprint density at radius 3 is 1.66 bits per heavy atom. The Kier molecular flexibility index (Phi) is 17.0. The third-order valence-electron chi connectivity index (χ3n) is 4.72. The highest BCUT2D eigenvalue weighted by Crippen LogP contribution is 2.25. The second-order valence-electron chi connectivity index (χ2n) is 7.75. The van der Waals surface area contributed by atoms with Crippen molar-refractivity contribution < 1.29 is 0 Å². The van der Waals surface area contributed by atoms with E-state index in [4.69, 9.17) is 5.73 Å². The molecule has 0 aliphatic carbocycles. The third-order valence-corrected chi connectivity index (χ3v) is 4.72. The zero-order valence-corrected chi connectivity index (χ0v) is 19.8. The molecule has 162 valence electrons. The van der Waals surface area contributed by atoms with Crippen molar-refractivity contribution >= 4 is 12.2 Å². The van der Waals surface area contributed by atoms with Crippen LogP contribution < -0.4 is 5.73 Å². The van der Waals surface area contributed by atoms with Gasteiger partial charge in [0.05, 0.1) is 0 Å². The molecule has 1 heteroatoms. The average molecular weight is 396 g/mol. The van der Waals surface area contributed by atoms with E-state index in [1.165, 1.54) is 48.8 Å². The van der Waals surface area contributed by atoms with Crippen LogP contribution in [-0.2, 0) is 0 Å². The molecule has 2 aromatic rings. The molecule has 0 fully saturated rings. The van der Waals surface area contributed by atoms with Crippen LogP contribution in [0.2, 0.25) is 0 Å². The molecule has 0 saturated heterocycles. The maximum atomic E-state index is 5.29. The van der Waals surface area contributed by atoms with Crippen molar-refractivity contribution in [2.24, 2.45) is 5.73 Å². The zero-order valence-electron chi connectivity index (χ0n) is 19.8.